The molecule has 0 spiro atoms. The Kier molecular flexibility index (Phi) is 6.77. The van der Waals surface area contributed by atoms with Crippen LogP contribution in [-0.2, 0) is 6.61 Å². The van der Waals surface area contributed by atoms with Crippen molar-refractivity contribution in [2.45, 2.75) is 13.5 Å². The molecule has 162 valence electrons. The summed E-state index contributed by atoms with van der Waals surface area (Å²) in [5.41, 5.74) is 2.65. The van der Waals surface area contributed by atoms with E-state index in [0.717, 1.165) is 16.9 Å². The lowest BCUT2D eigenvalue weighted by molar-refractivity contribution is 0.0947. The molecule has 0 bridgehead atoms. The first kappa shape index (κ1) is 21.1. The number of nitrogens with one attached hydrogen (secondary N) is 1. The Labute approximate surface area is 186 Å². The largest absolute Gasteiger partial charge is 0.491 e. The summed E-state index contributed by atoms with van der Waals surface area (Å²) >= 11 is 0. The van der Waals surface area contributed by atoms with Crippen molar-refractivity contribution in [3.8, 4) is 22.6 Å². The minimum atomic E-state index is -0.176. The lowest BCUT2D eigenvalue weighted by atomic mass is 10.1. The molecule has 1 aromatic heterocycles. The van der Waals surface area contributed by atoms with Gasteiger partial charge in [-0.15, -0.1) is 0 Å². The fraction of sp³-hybridized carbons (Fsp3) is 0.160. The van der Waals surface area contributed by atoms with Gasteiger partial charge in [-0.1, -0.05) is 53.7 Å². The van der Waals surface area contributed by atoms with Crippen LogP contribution in [0.2, 0.25) is 0 Å². The Morgan fingerprint density at radius 2 is 1.69 bits per heavy atom. The zero-order chi connectivity index (χ0) is 22.2. The van der Waals surface area contributed by atoms with Gasteiger partial charge in [0.2, 0.25) is 11.7 Å². The van der Waals surface area contributed by atoms with E-state index in [4.69, 9.17) is 14.0 Å². The molecule has 4 rings (SSSR count). The summed E-state index contributed by atoms with van der Waals surface area (Å²) in [5.74, 6) is 2.18. The van der Waals surface area contributed by atoms with E-state index < -0.39 is 0 Å². The average Bonchev–Trinajstić information content (AvgIpc) is 3.26. The first-order valence-corrected chi connectivity index (χ1v) is 10.3. The number of benzene rings is 3. The van der Waals surface area contributed by atoms with E-state index in [2.05, 4.69) is 15.5 Å². The highest BCUT2D eigenvalue weighted by molar-refractivity contribution is 5.94. The SMILES string of the molecule is Cc1nc(COc2ccc(C(=O)NCCOc3ccccc3-c3ccccc3)cc2)no1. The first-order valence-electron chi connectivity index (χ1n) is 10.3. The van der Waals surface area contributed by atoms with Crippen LogP contribution in [0.15, 0.2) is 83.4 Å². The Hall–Kier alpha value is -4.13. The highest BCUT2D eigenvalue weighted by Gasteiger charge is 2.08. The smallest absolute Gasteiger partial charge is 0.251 e. The van der Waals surface area contributed by atoms with Crippen LogP contribution in [0.4, 0.5) is 0 Å². The van der Waals surface area contributed by atoms with Gasteiger partial charge in [0, 0.05) is 18.1 Å². The van der Waals surface area contributed by atoms with Crippen molar-refractivity contribution in [1.82, 2.24) is 15.5 Å². The molecular weight excluding hydrogens is 406 g/mol. The molecule has 0 aliphatic carbocycles. The van der Waals surface area contributed by atoms with Gasteiger partial charge in [0.25, 0.3) is 5.91 Å². The summed E-state index contributed by atoms with van der Waals surface area (Å²) in [4.78, 5) is 16.5. The van der Waals surface area contributed by atoms with Crippen molar-refractivity contribution >= 4 is 5.91 Å². The predicted octanol–water partition coefficient (Wildman–Crippen LogP) is 4.43. The maximum Gasteiger partial charge on any atom is 0.251 e. The van der Waals surface area contributed by atoms with Gasteiger partial charge in [-0.05, 0) is 35.9 Å². The van der Waals surface area contributed by atoms with Crippen molar-refractivity contribution in [2.75, 3.05) is 13.2 Å². The minimum absolute atomic E-state index is 0.176. The van der Waals surface area contributed by atoms with E-state index in [-0.39, 0.29) is 12.5 Å². The Morgan fingerprint density at radius 1 is 0.938 bits per heavy atom. The van der Waals surface area contributed by atoms with Crippen LogP contribution in [0.1, 0.15) is 22.1 Å². The van der Waals surface area contributed by atoms with Crippen LogP contribution in [-0.4, -0.2) is 29.2 Å². The summed E-state index contributed by atoms with van der Waals surface area (Å²) in [5, 5.41) is 6.65. The molecule has 7 heteroatoms. The molecule has 0 fully saturated rings. The van der Waals surface area contributed by atoms with Crippen LogP contribution in [0, 0.1) is 6.92 Å². The van der Waals surface area contributed by atoms with Gasteiger partial charge in [-0.3, -0.25) is 4.79 Å². The zero-order valence-electron chi connectivity index (χ0n) is 17.7. The normalized spacial score (nSPS) is 10.5. The molecule has 3 aromatic carbocycles. The van der Waals surface area contributed by atoms with Gasteiger partial charge in [-0.2, -0.15) is 4.98 Å². The summed E-state index contributed by atoms with van der Waals surface area (Å²) in [6.07, 6.45) is 0. The number of hydrogen-bond donors (Lipinski definition) is 1. The molecule has 7 nitrogen and oxygen atoms in total. The highest BCUT2D eigenvalue weighted by atomic mass is 16.5. The Bertz CT molecular complexity index is 1160. The van der Waals surface area contributed by atoms with E-state index >= 15 is 0 Å². The number of amides is 1. The number of nitrogens with zero attached hydrogens (tertiary/aromatic N) is 2. The number of para-hydroxylation sites is 1. The number of aryl methyl sites for hydroxylation is 1. The molecule has 0 saturated carbocycles. The van der Waals surface area contributed by atoms with Gasteiger partial charge in [0.1, 0.15) is 18.1 Å². The first-order chi connectivity index (χ1) is 15.7. The third-order valence-electron chi connectivity index (χ3n) is 4.67. The van der Waals surface area contributed by atoms with E-state index in [9.17, 15) is 4.79 Å². The quantitative estimate of drug-likeness (QED) is 0.396. The Morgan fingerprint density at radius 3 is 2.44 bits per heavy atom. The third-order valence-corrected chi connectivity index (χ3v) is 4.67. The standard InChI is InChI=1S/C25H23N3O4/c1-18-27-24(28-32-18)17-31-21-13-11-20(12-14-21)25(29)26-15-16-30-23-10-6-5-9-22(23)19-7-3-2-4-8-19/h2-14H,15-17H2,1H3,(H,26,29). The molecule has 0 unspecified atom stereocenters. The van der Waals surface area contributed by atoms with Crippen LogP contribution in [0.5, 0.6) is 11.5 Å². The van der Waals surface area contributed by atoms with E-state index in [1.165, 1.54) is 0 Å². The molecule has 32 heavy (non-hydrogen) atoms. The highest BCUT2D eigenvalue weighted by Crippen LogP contribution is 2.29. The molecule has 0 aliphatic rings. The predicted molar refractivity (Wildman–Crippen MR) is 120 cm³/mol. The second-order valence-electron chi connectivity index (χ2n) is 7.01. The number of carbonyl (C=O) groups excluding carboxylic acids is 1. The fourth-order valence-corrected chi connectivity index (χ4v) is 3.13. The van der Waals surface area contributed by atoms with Crippen molar-refractivity contribution in [3.63, 3.8) is 0 Å². The fourth-order valence-electron chi connectivity index (χ4n) is 3.13. The monoisotopic (exact) mass is 429 g/mol. The third kappa shape index (κ3) is 5.51. The van der Waals surface area contributed by atoms with Crippen molar-refractivity contribution in [1.29, 1.82) is 0 Å². The summed E-state index contributed by atoms with van der Waals surface area (Å²) < 4.78 is 16.4. The molecule has 1 amide bonds. The number of aromatic nitrogens is 2. The molecule has 0 atom stereocenters. The maximum atomic E-state index is 12.4. The lowest BCUT2D eigenvalue weighted by Gasteiger charge is -2.12. The number of hydrogen-bond acceptors (Lipinski definition) is 6. The van der Waals surface area contributed by atoms with Gasteiger partial charge in [0.15, 0.2) is 6.61 Å². The van der Waals surface area contributed by atoms with Gasteiger partial charge < -0.3 is 19.3 Å². The van der Waals surface area contributed by atoms with E-state index in [1.807, 2.05) is 54.6 Å². The van der Waals surface area contributed by atoms with Gasteiger partial charge in [0.05, 0.1) is 6.54 Å². The number of rotatable bonds is 9. The molecule has 1 N–H and O–H groups in total. The van der Waals surface area contributed by atoms with Gasteiger partial charge in [-0.25, -0.2) is 0 Å². The van der Waals surface area contributed by atoms with E-state index in [1.54, 1.807) is 31.2 Å². The summed E-state index contributed by atoms with van der Waals surface area (Å²) in [6, 6.07) is 24.8. The maximum absolute atomic E-state index is 12.4. The van der Waals surface area contributed by atoms with Crippen LogP contribution in [0.25, 0.3) is 11.1 Å². The molecule has 4 aromatic rings. The number of ether oxygens (including phenoxy) is 2. The molecule has 0 saturated heterocycles. The number of carbonyl (C=O) groups is 1. The topological polar surface area (TPSA) is 86.5 Å². The van der Waals surface area contributed by atoms with Crippen LogP contribution in [0.3, 0.4) is 0 Å². The van der Waals surface area contributed by atoms with Crippen LogP contribution >= 0.6 is 0 Å². The van der Waals surface area contributed by atoms with Crippen molar-refractivity contribution < 1.29 is 18.8 Å². The molecule has 0 radical (unpaired) electrons. The lowest BCUT2D eigenvalue weighted by Crippen LogP contribution is -2.28. The zero-order valence-corrected chi connectivity index (χ0v) is 17.7. The second-order valence-corrected chi connectivity index (χ2v) is 7.01. The second kappa shape index (κ2) is 10.3. The molecular formula is C25H23N3O4. The summed E-state index contributed by atoms with van der Waals surface area (Å²) in [7, 11) is 0. The van der Waals surface area contributed by atoms with Gasteiger partial charge >= 0.3 is 0 Å². The molecule has 0 aliphatic heterocycles. The average molecular weight is 429 g/mol. The van der Waals surface area contributed by atoms with E-state index in [0.29, 0.717) is 36.2 Å². The van der Waals surface area contributed by atoms with Crippen molar-refractivity contribution in [3.05, 3.63) is 96.1 Å². The van der Waals surface area contributed by atoms with Crippen LogP contribution < -0.4 is 14.8 Å². The molecule has 1 heterocycles. The summed E-state index contributed by atoms with van der Waals surface area (Å²) in [6.45, 7) is 2.67. The minimum Gasteiger partial charge on any atom is -0.491 e. The Balaban J connectivity index is 1.25. The van der Waals surface area contributed by atoms with Crippen molar-refractivity contribution in [2.24, 2.45) is 0 Å².